The van der Waals surface area contributed by atoms with Gasteiger partial charge in [0, 0.05) is 19.2 Å². The van der Waals surface area contributed by atoms with Crippen LogP contribution in [0.1, 0.15) is 12.8 Å². The predicted molar refractivity (Wildman–Crippen MR) is 71.4 cm³/mol. The Hall–Kier alpha value is -0.410. The number of rotatable bonds is 5. The molecule has 1 aliphatic rings. The van der Waals surface area contributed by atoms with E-state index in [9.17, 15) is 15.0 Å². The highest BCUT2D eigenvalue weighted by Gasteiger charge is 2.38. The summed E-state index contributed by atoms with van der Waals surface area (Å²) in [5.41, 5.74) is 0. The molecule has 0 aromatic carbocycles. The van der Waals surface area contributed by atoms with Crippen LogP contribution in [0.15, 0.2) is 0 Å². The second-order valence-electron chi connectivity index (χ2n) is 4.00. The molecule has 0 aromatic heterocycles. The van der Waals surface area contributed by atoms with Gasteiger partial charge in [-0.25, -0.2) is 0 Å². The van der Waals surface area contributed by atoms with Crippen LogP contribution >= 0.6 is 24.0 Å². The summed E-state index contributed by atoms with van der Waals surface area (Å²) >= 11 is 6.49. The van der Waals surface area contributed by atoms with Gasteiger partial charge in [0.05, 0.1) is 6.61 Å². The number of aliphatic hydroxyl groups excluding tert-OH is 2. The van der Waals surface area contributed by atoms with Gasteiger partial charge in [0.15, 0.2) is 6.23 Å². The average molecular weight is 295 g/mol. The molecule has 1 rings (SSSR count). The van der Waals surface area contributed by atoms with E-state index < -0.39 is 24.4 Å². The maximum Gasteiger partial charge on any atom is 0.303 e. The number of carboxylic acid groups (broad SMARTS) is 1. The molecule has 3 N–H and O–H groups in total. The van der Waals surface area contributed by atoms with Crippen molar-refractivity contribution in [2.24, 2.45) is 0 Å². The number of ether oxygens (including phenoxy) is 1. The van der Waals surface area contributed by atoms with Crippen LogP contribution in [-0.4, -0.2) is 68.4 Å². The molecule has 1 fully saturated rings. The summed E-state index contributed by atoms with van der Waals surface area (Å²) in [7, 11) is 1.68. The molecular weight excluding hydrogens is 278 g/mol. The molecule has 18 heavy (non-hydrogen) atoms. The minimum Gasteiger partial charge on any atom is -0.481 e. The lowest BCUT2D eigenvalue weighted by Gasteiger charge is -2.28. The van der Waals surface area contributed by atoms with Gasteiger partial charge in [-0.05, 0) is 6.42 Å². The highest BCUT2D eigenvalue weighted by atomic mass is 32.2. The molecule has 0 saturated carbocycles. The van der Waals surface area contributed by atoms with Crippen LogP contribution in [0.4, 0.5) is 0 Å². The number of nitrogens with zero attached hydrogens (tertiary/aromatic N) is 1. The number of thioether (sulfide) groups is 1. The number of carbonyl (C=O) groups is 1. The Morgan fingerprint density at radius 1 is 1.56 bits per heavy atom. The van der Waals surface area contributed by atoms with Gasteiger partial charge < -0.3 is 25.0 Å². The summed E-state index contributed by atoms with van der Waals surface area (Å²) in [6.45, 7) is 0.0858. The molecule has 0 amide bonds. The van der Waals surface area contributed by atoms with Crippen molar-refractivity contribution in [3.63, 3.8) is 0 Å². The molecule has 0 unspecified atom stereocenters. The Kier molecular flexibility index (Phi) is 6.30. The fourth-order valence-corrected chi connectivity index (χ4v) is 2.64. The summed E-state index contributed by atoms with van der Waals surface area (Å²) < 4.78 is 5.75. The van der Waals surface area contributed by atoms with Gasteiger partial charge in [-0.2, -0.15) is 0 Å². The molecule has 1 aliphatic heterocycles. The summed E-state index contributed by atoms with van der Waals surface area (Å²) in [5, 5.41) is 27.5. The van der Waals surface area contributed by atoms with Crippen molar-refractivity contribution in [3.8, 4) is 0 Å². The lowest BCUT2D eigenvalue weighted by molar-refractivity contribution is -0.137. The smallest absolute Gasteiger partial charge is 0.303 e. The van der Waals surface area contributed by atoms with E-state index >= 15 is 0 Å². The largest absolute Gasteiger partial charge is 0.481 e. The Bertz CT molecular complexity index is 315. The summed E-state index contributed by atoms with van der Waals surface area (Å²) in [5.74, 6) is -0.228. The summed E-state index contributed by atoms with van der Waals surface area (Å²) in [6.07, 6.45) is -1.87. The SMILES string of the molecule is CN(C(=S)SCCCC(=O)O)[C@@H]1OC[C@@H](O)[C@H]1O. The second-order valence-corrected chi connectivity index (χ2v) is 5.73. The van der Waals surface area contributed by atoms with E-state index in [4.69, 9.17) is 22.1 Å². The first kappa shape index (κ1) is 15.6. The molecule has 0 bridgehead atoms. The first-order chi connectivity index (χ1) is 8.43. The lowest BCUT2D eigenvalue weighted by Crippen LogP contribution is -2.43. The van der Waals surface area contributed by atoms with Crippen LogP contribution < -0.4 is 0 Å². The predicted octanol–water partition coefficient (Wildman–Crippen LogP) is -0.121. The Labute approximate surface area is 115 Å². The van der Waals surface area contributed by atoms with Crippen molar-refractivity contribution in [1.29, 1.82) is 0 Å². The van der Waals surface area contributed by atoms with Gasteiger partial charge in [-0.3, -0.25) is 4.79 Å². The van der Waals surface area contributed by atoms with E-state index in [1.165, 1.54) is 11.8 Å². The van der Waals surface area contributed by atoms with E-state index in [1.807, 2.05) is 0 Å². The van der Waals surface area contributed by atoms with Crippen molar-refractivity contribution < 1.29 is 24.9 Å². The van der Waals surface area contributed by atoms with Crippen LogP contribution in [0.2, 0.25) is 0 Å². The number of hydrogen-bond donors (Lipinski definition) is 3. The zero-order valence-electron chi connectivity index (χ0n) is 9.98. The van der Waals surface area contributed by atoms with Crippen LogP contribution in [0.5, 0.6) is 0 Å². The molecule has 1 saturated heterocycles. The van der Waals surface area contributed by atoms with Crippen LogP contribution in [0, 0.1) is 0 Å². The van der Waals surface area contributed by atoms with Gasteiger partial charge in [-0.1, -0.05) is 24.0 Å². The number of thiocarbonyl (C=S) groups is 1. The molecule has 0 spiro atoms. The maximum absolute atomic E-state index is 10.3. The molecule has 104 valence electrons. The topological polar surface area (TPSA) is 90.2 Å². The van der Waals surface area contributed by atoms with E-state index in [2.05, 4.69) is 0 Å². The molecule has 0 radical (unpaired) electrons. The Morgan fingerprint density at radius 2 is 2.22 bits per heavy atom. The van der Waals surface area contributed by atoms with E-state index in [1.54, 1.807) is 11.9 Å². The van der Waals surface area contributed by atoms with Crippen LogP contribution in [-0.2, 0) is 9.53 Å². The normalized spacial score (nSPS) is 27.2. The molecule has 0 aliphatic carbocycles. The lowest BCUT2D eigenvalue weighted by atomic mass is 10.2. The van der Waals surface area contributed by atoms with E-state index in [-0.39, 0.29) is 13.0 Å². The third kappa shape index (κ3) is 4.36. The number of hydrogen-bond acceptors (Lipinski definition) is 6. The Balaban J connectivity index is 2.31. The van der Waals surface area contributed by atoms with Gasteiger partial charge in [-0.15, -0.1) is 0 Å². The minimum atomic E-state index is -0.979. The molecule has 6 nitrogen and oxygen atoms in total. The molecule has 3 atom stereocenters. The van der Waals surface area contributed by atoms with Crippen molar-refractivity contribution in [3.05, 3.63) is 0 Å². The third-order valence-electron chi connectivity index (χ3n) is 2.55. The van der Waals surface area contributed by atoms with Crippen molar-refractivity contribution >= 4 is 34.3 Å². The van der Waals surface area contributed by atoms with Crippen molar-refractivity contribution in [1.82, 2.24) is 4.90 Å². The minimum absolute atomic E-state index is 0.0858. The van der Waals surface area contributed by atoms with Crippen molar-refractivity contribution in [2.75, 3.05) is 19.4 Å². The molecule has 1 heterocycles. The standard InChI is InChI=1S/C10H17NO5S2/c1-11(9-8(15)6(12)5-16-9)10(17)18-4-2-3-7(13)14/h6,8-9,12,15H,2-5H2,1H3,(H,13,14)/t6-,8-,9-/m1/s1. The molecule has 0 aromatic rings. The second kappa shape index (κ2) is 7.25. The highest BCUT2D eigenvalue weighted by Crippen LogP contribution is 2.21. The first-order valence-electron chi connectivity index (χ1n) is 5.52. The van der Waals surface area contributed by atoms with Crippen molar-refractivity contribution in [2.45, 2.75) is 31.3 Å². The van der Waals surface area contributed by atoms with Gasteiger partial charge in [0.25, 0.3) is 0 Å². The highest BCUT2D eigenvalue weighted by molar-refractivity contribution is 8.22. The fraction of sp³-hybridized carbons (Fsp3) is 0.800. The number of carboxylic acids is 1. The van der Waals surface area contributed by atoms with Crippen LogP contribution in [0.3, 0.4) is 0 Å². The monoisotopic (exact) mass is 295 g/mol. The summed E-state index contributed by atoms with van der Waals surface area (Å²) in [6, 6.07) is 0. The molecule has 8 heteroatoms. The first-order valence-corrected chi connectivity index (χ1v) is 6.92. The maximum atomic E-state index is 10.3. The third-order valence-corrected chi connectivity index (χ3v) is 4.22. The fourth-order valence-electron chi connectivity index (χ4n) is 1.51. The number of aliphatic carboxylic acids is 1. The number of aliphatic hydroxyl groups is 2. The summed E-state index contributed by atoms with van der Waals surface area (Å²) in [4.78, 5) is 11.9. The van der Waals surface area contributed by atoms with E-state index in [0.29, 0.717) is 16.5 Å². The van der Waals surface area contributed by atoms with Gasteiger partial charge >= 0.3 is 5.97 Å². The Morgan fingerprint density at radius 3 is 2.72 bits per heavy atom. The van der Waals surface area contributed by atoms with E-state index in [0.717, 1.165) is 0 Å². The quantitative estimate of drug-likeness (QED) is 0.478. The molecular formula is C10H17NO5S2. The number of likely N-dealkylation sites (N-methyl/N-ethyl adjacent to an activating group) is 1. The zero-order chi connectivity index (χ0) is 13.7. The van der Waals surface area contributed by atoms with Gasteiger partial charge in [0.1, 0.15) is 16.5 Å². The zero-order valence-corrected chi connectivity index (χ0v) is 11.6. The van der Waals surface area contributed by atoms with Crippen LogP contribution in [0.25, 0.3) is 0 Å². The average Bonchev–Trinajstić information content (AvgIpc) is 2.64. The van der Waals surface area contributed by atoms with Gasteiger partial charge in [0.2, 0.25) is 0 Å².